The van der Waals surface area contributed by atoms with Crippen molar-refractivity contribution in [1.82, 2.24) is 4.72 Å². The van der Waals surface area contributed by atoms with E-state index in [0.717, 1.165) is 6.42 Å². The molecule has 4 nitrogen and oxygen atoms in total. The van der Waals surface area contributed by atoms with Crippen LogP contribution in [-0.4, -0.2) is 38.8 Å². The predicted molar refractivity (Wildman–Crippen MR) is 65.9 cm³/mol. The van der Waals surface area contributed by atoms with Gasteiger partial charge in [0.2, 0.25) is 10.0 Å². The number of halogens is 1. The molecule has 2 unspecified atom stereocenters. The minimum atomic E-state index is -3.15. The molecule has 0 spiro atoms. The van der Waals surface area contributed by atoms with Crippen LogP contribution in [-0.2, 0) is 14.8 Å². The van der Waals surface area contributed by atoms with Crippen molar-refractivity contribution >= 4 is 26.0 Å². The number of nitrogens with one attached hydrogen (secondary N) is 1. The molecule has 0 aromatic heterocycles. The van der Waals surface area contributed by atoms with E-state index in [0.29, 0.717) is 17.9 Å². The summed E-state index contributed by atoms with van der Waals surface area (Å²) in [7, 11) is -1.58. The van der Waals surface area contributed by atoms with Gasteiger partial charge in [-0.25, -0.2) is 13.1 Å². The van der Waals surface area contributed by atoms with Gasteiger partial charge in [-0.05, 0) is 19.8 Å². The van der Waals surface area contributed by atoms with Gasteiger partial charge in [0.15, 0.2) is 0 Å². The van der Waals surface area contributed by atoms with E-state index in [1.54, 1.807) is 7.11 Å². The van der Waals surface area contributed by atoms with E-state index in [1.807, 2.05) is 13.8 Å². The Balaban J connectivity index is 3.91. The van der Waals surface area contributed by atoms with Crippen LogP contribution in [0.2, 0.25) is 0 Å². The first-order valence-electron chi connectivity index (χ1n) is 5.00. The van der Waals surface area contributed by atoms with Crippen molar-refractivity contribution < 1.29 is 13.2 Å². The highest BCUT2D eigenvalue weighted by Gasteiger charge is 2.15. The number of ether oxygens (including phenoxy) is 1. The molecule has 0 saturated heterocycles. The van der Waals surface area contributed by atoms with Crippen molar-refractivity contribution in [1.29, 1.82) is 0 Å². The summed E-state index contributed by atoms with van der Waals surface area (Å²) in [6, 6.07) is -0.0353. The first-order valence-corrected chi connectivity index (χ1v) is 7.57. The fourth-order valence-electron chi connectivity index (χ4n) is 1.29. The van der Waals surface area contributed by atoms with Crippen LogP contribution in [0.1, 0.15) is 26.7 Å². The highest BCUT2D eigenvalue weighted by atomic mass is 79.9. The maximum Gasteiger partial charge on any atom is 0.211 e. The van der Waals surface area contributed by atoms with Gasteiger partial charge in [-0.15, -0.1) is 0 Å². The number of methoxy groups -OCH3 is 1. The molecule has 0 radical (unpaired) electrons. The molecule has 0 saturated carbocycles. The Bertz CT molecular complexity index is 254. The third kappa shape index (κ3) is 9.29. The molecule has 2 atom stereocenters. The highest BCUT2D eigenvalue weighted by Crippen LogP contribution is 2.07. The van der Waals surface area contributed by atoms with Crippen molar-refractivity contribution in [2.45, 2.75) is 37.6 Å². The SMILES string of the molecule is COCCCS(=O)(=O)NC(C)CC(C)Br. The lowest BCUT2D eigenvalue weighted by molar-refractivity contribution is 0.199. The Labute approximate surface area is 101 Å². The Morgan fingerprint density at radius 1 is 1.40 bits per heavy atom. The molecular formula is C9H20BrNO3S. The molecule has 6 heteroatoms. The average molecular weight is 302 g/mol. The van der Waals surface area contributed by atoms with E-state index >= 15 is 0 Å². The summed E-state index contributed by atoms with van der Waals surface area (Å²) in [6.45, 7) is 4.34. The summed E-state index contributed by atoms with van der Waals surface area (Å²) in [5.41, 5.74) is 0. The van der Waals surface area contributed by atoms with E-state index in [9.17, 15) is 8.42 Å². The Hall–Kier alpha value is 0.350. The Morgan fingerprint density at radius 2 is 2.00 bits per heavy atom. The lowest BCUT2D eigenvalue weighted by Crippen LogP contribution is -2.35. The molecule has 0 aromatic carbocycles. The van der Waals surface area contributed by atoms with Crippen LogP contribution in [0.5, 0.6) is 0 Å². The van der Waals surface area contributed by atoms with Crippen molar-refractivity contribution in [2.75, 3.05) is 19.5 Å². The average Bonchev–Trinajstić information content (AvgIpc) is 2.00. The standard InChI is InChI=1S/C9H20BrNO3S/c1-8(10)7-9(2)11-15(12,13)6-4-5-14-3/h8-9,11H,4-7H2,1-3H3. The van der Waals surface area contributed by atoms with Crippen LogP contribution in [0.3, 0.4) is 0 Å². The number of alkyl halides is 1. The van der Waals surface area contributed by atoms with Gasteiger partial charge in [0.25, 0.3) is 0 Å². The molecule has 0 amide bonds. The lowest BCUT2D eigenvalue weighted by atomic mass is 10.2. The first kappa shape index (κ1) is 15.3. The number of sulfonamides is 1. The van der Waals surface area contributed by atoms with Gasteiger partial charge >= 0.3 is 0 Å². The van der Waals surface area contributed by atoms with Gasteiger partial charge in [-0.1, -0.05) is 22.9 Å². The van der Waals surface area contributed by atoms with Crippen LogP contribution >= 0.6 is 15.9 Å². The molecule has 0 aliphatic heterocycles. The first-order chi connectivity index (χ1) is 6.87. The minimum absolute atomic E-state index is 0.0353. The summed E-state index contributed by atoms with van der Waals surface area (Å²) in [4.78, 5) is 0.314. The van der Waals surface area contributed by atoms with Crippen LogP contribution in [0.15, 0.2) is 0 Å². The molecule has 0 bridgehead atoms. The maximum atomic E-state index is 11.5. The van der Waals surface area contributed by atoms with Gasteiger partial charge in [0, 0.05) is 24.6 Å². The zero-order valence-electron chi connectivity index (χ0n) is 9.49. The molecule has 0 aliphatic carbocycles. The molecule has 0 rings (SSSR count). The molecule has 0 heterocycles. The molecule has 1 N–H and O–H groups in total. The van der Waals surface area contributed by atoms with E-state index in [-0.39, 0.29) is 11.8 Å². The van der Waals surface area contributed by atoms with Crippen LogP contribution in [0.4, 0.5) is 0 Å². The van der Waals surface area contributed by atoms with Gasteiger partial charge in [-0.2, -0.15) is 0 Å². The minimum Gasteiger partial charge on any atom is -0.385 e. The molecule has 0 aromatic rings. The van der Waals surface area contributed by atoms with Gasteiger partial charge < -0.3 is 4.74 Å². The van der Waals surface area contributed by atoms with Crippen LogP contribution < -0.4 is 4.72 Å². The van der Waals surface area contributed by atoms with E-state index in [4.69, 9.17) is 4.74 Å². The molecular weight excluding hydrogens is 282 g/mol. The smallest absolute Gasteiger partial charge is 0.211 e. The molecule has 0 fully saturated rings. The summed E-state index contributed by atoms with van der Waals surface area (Å²) in [6.07, 6.45) is 1.31. The predicted octanol–water partition coefficient (Wildman–Crippen LogP) is 1.50. The number of hydrogen-bond acceptors (Lipinski definition) is 3. The third-order valence-corrected chi connectivity index (χ3v) is 3.78. The maximum absolute atomic E-state index is 11.5. The highest BCUT2D eigenvalue weighted by molar-refractivity contribution is 9.09. The molecule has 92 valence electrons. The third-order valence-electron chi connectivity index (χ3n) is 1.82. The lowest BCUT2D eigenvalue weighted by Gasteiger charge is -2.15. The Kier molecular flexibility index (Phi) is 7.77. The fraction of sp³-hybridized carbons (Fsp3) is 1.00. The quantitative estimate of drug-likeness (QED) is 0.546. The van der Waals surface area contributed by atoms with Gasteiger partial charge in [0.1, 0.15) is 0 Å². The largest absolute Gasteiger partial charge is 0.385 e. The fourth-order valence-corrected chi connectivity index (χ4v) is 3.18. The van der Waals surface area contributed by atoms with Crippen LogP contribution in [0, 0.1) is 0 Å². The van der Waals surface area contributed by atoms with Crippen molar-refractivity contribution in [3.63, 3.8) is 0 Å². The zero-order chi connectivity index (χ0) is 11.9. The second kappa shape index (κ2) is 7.60. The van der Waals surface area contributed by atoms with Crippen molar-refractivity contribution in [2.24, 2.45) is 0 Å². The van der Waals surface area contributed by atoms with Crippen LogP contribution in [0.25, 0.3) is 0 Å². The summed E-state index contributed by atoms with van der Waals surface area (Å²) >= 11 is 3.39. The monoisotopic (exact) mass is 301 g/mol. The van der Waals surface area contributed by atoms with E-state index < -0.39 is 10.0 Å². The topological polar surface area (TPSA) is 55.4 Å². The normalized spacial score (nSPS) is 16.3. The summed E-state index contributed by atoms with van der Waals surface area (Å²) in [5.74, 6) is 0.127. The van der Waals surface area contributed by atoms with E-state index in [1.165, 1.54) is 0 Å². The summed E-state index contributed by atoms with van der Waals surface area (Å²) in [5, 5.41) is 0. The Morgan fingerprint density at radius 3 is 2.47 bits per heavy atom. The number of hydrogen-bond donors (Lipinski definition) is 1. The second-order valence-corrected chi connectivity index (χ2v) is 7.14. The van der Waals surface area contributed by atoms with Gasteiger partial charge in [-0.3, -0.25) is 0 Å². The molecule has 15 heavy (non-hydrogen) atoms. The molecule has 0 aliphatic rings. The van der Waals surface area contributed by atoms with Gasteiger partial charge in [0.05, 0.1) is 5.75 Å². The second-order valence-electron chi connectivity index (χ2n) is 3.70. The van der Waals surface area contributed by atoms with Crippen molar-refractivity contribution in [3.8, 4) is 0 Å². The number of rotatable bonds is 8. The van der Waals surface area contributed by atoms with Crippen molar-refractivity contribution in [3.05, 3.63) is 0 Å². The zero-order valence-corrected chi connectivity index (χ0v) is 11.9. The van der Waals surface area contributed by atoms with E-state index in [2.05, 4.69) is 20.7 Å². The summed E-state index contributed by atoms with van der Waals surface area (Å²) < 4.78 is 30.5.